The van der Waals surface area contributed by atoms with E-state index in [1.807, 2.05) is 6.92 Å². The summed E-state index contributed by atoms with van der Waals surface area (Å²) >= 11 is 7.07. The van der Waals surface area contributed by atoms with Gasteiger partial charge in [-0.2, -0.15) is 0 Å². The molecule has 3 heterocycles. The van der Waals surface area contributed by atoms with E-state index in [2.05, 4.69) is 0 Å². The molecule has 2 amide bonds. The SMILES string of the molecule is Cc1cc(-c2ccc(/C=C3\SC(=O)N(Cc4cc5c(cc4Cl)OCO5)C3=O)o2)c([N+](=O)[O-])cc1C. The highest BCUT2D eigenvalue weighted by Crippen LogP contribution is 2.40. The van der Waals surface area contributed by atoms with Crippen LogP contribution in [-0.4, -0.2) is 27.8 Å². The Labute approximate surface area is 208 Å². The number of halogens is 1. The Balaban J connectivity index is 1.40. The number of furan rings is 1. The molecule has 9 nitrogen and oxygen atoms in total. The van der Waals surface area contributed by atoms with Crippen molar-refractivity contribution in [2.75, 3.05) is 6.79 Å². The first-order valence-corrected chi connectivity index (χ1v) is 11.6. The van der Waals surface area contributed by atoms with E-state index < -0.39 is 16.1 Å². The van der Waals surface area contributed by atoms with Crippen molar-refractivity contribution in [3.63, 3.8) is 0 Å². The van der Waals surface area contributed by atoms with Gasteiger partial charge in [-0.1, -0.05) is 11.6 Å². The molecule has 178 valence electrons. The zero-order valence-corrected chi connectivity index (χ0v) is 20.1. The summed E-state index contributed by atoms with van der Waals surface area (Å²) in [4.78, 5) is 37.9. The highest BCUT2D eigenvalue weighted by Gasteiger charge is 2.36. The van der Waals surface area contributed by atoms with Gasteiger partial charge in [0.05, 0.1) is 21.9 Å². The molecule has 0 N–H and O–H groups in total. The maximum Gasteiger partial charge on any atom is 0.293 e. The van der Waals surface area contributed by atoms with Crippen LogP contribution in [-0.2, 0) is 11.3 Å². The van der Waals surface area contributed by atoms with Gasteiger partial charge in [0.25, 0.3) is 16.8 Å². The smallest absolute Gasteiger partial charge is 0.293 e. The van der Waals surface area contributed by atoms with Gasteiger partial charge in [0, 0.05) is 23.2 Å². The number of hydrogen-bond donors (Lipinski definition) is 0. The van der Waals surface area contributed by atoms with E-state index >= 15 is 0 Å². The van der Waals surface area contributed by atoms with E-state index in [1.165, 1.54) is 12.1 Å². The first-order chi connectivity index (χ1) is 16.7. The van der Waals surface area contributed by atoms with E-state index in [1.54, 1.807) is 37.3 Å². The number of carbonyl (C=O) groups excluding carboxylic acids is 2. The number of ether oxygens (including phenoxy) is 2. The molecule has 5 rings (SSSR count). The second-order valence-electron chi connectivity index (χ2n) is 7.98. The minimum absolute atomic E-state index is 0.0320. The largest absolute Gasteiger partial charge is 0.456 e. The normalized spacial score (nSPS) is 16.0. The lowest BCUT2D eigenvalue weighted by molar-refractivity contribution is -0.384. The van der Waals surface area contributed by atoms with E-state index in [4.69, 9.17) is 25.5 Å². The van der Waals surface area contributed by atoms with Crippen molar-refractivity contribution in [3.8, 4) is 22.8 Å². The van der Waals surface area contributed by atoms with Crippen LogP contribution in [0.15, 0.2) is 45.7 Å². The first-order valence-electron chi connectivity index (χ1n) is 10.4. The number of imide groups is 1. The number of fused-ring (bicyclic) bond motifs is 1. The van der Waals surface area contributed by atoms with Crippen LogP contribution in [0.1, 0.15) is 22.5 Å². The molecule has 0 radical (unpaired) electrons. The Morgan fingerprint density at radius 1 is 1.11 bits per heavy atom. The van der Waals surface area contributed by atoms with Crippen LogP contribution in [0.25, 0.3) is 17.4 Å². The maximum atomic E-state index is 13.0. The van der Waals surface area contributed by atoms with Crippen LogP contribution in [0.3, 0.4) is 0 Å². The number of rotatable bonds is 5. The van der Waals surface area contributed by atoms with Crippen molar-refractivity contribution in [2.45, 2.75) is 20.4 Å². The fourth-order valence-corrected chi connectivity index (χ4v) is 4.77. The third-order valence-corrected chi connectivity index (χ3v) is 6.98. The number of amides is 2. The Bertz CT molecular complexity index is 1450. The van der Waals surface area contributed by atoms with Gasteiger partial charge in [0.15, 0.2) is 11.5 Å². The fourth-order valence-electron chi connectivity index (χ4n) is 3.74. The minimum Gasteiger partial charge on any atom is -0.456 e. The van der Waals surface area contributed by atoms with E-state index in [-0.39, 0.29) is 29.7 Å². The summed E-state index contributed by atoms with van der Waals surface area (Å²) in [6.45, 7) is 3.70. The molecule has 0 spiro atoms. The number of thioether (sulfide) groups is 1. The van der Waals surface area contributed by atoms with Crippen LogP contribution in [0.2, 0.25) is 5.02 Å². The van der Waals surface area contributed by atoms with Gasteiger partial charge >= 0.3 is 0 Å². The molecule has 1 aromatic heterocycles. The monoisotopic (exact) mass is 512 g/mol. The third kappa shape index (κ3) is 4.26. The van der Waals surface area contributed by atoms with Gasteiger partial charge in [-0.05, 0) is 66.6 Å². The molecule has 3 aromatic rings. The van der Waals surface area contributed by atoms with E-state index in [0.717, 1.165) is 27.8 Å². The summed E-state index contributed by atoms with van der Waals surface area (Å²) in [7, 11) is 0. The predicted molar refractivity (Wildman–Crippen MR) is 129 cm³/mol. The number of nitro groups is 1. The summed E-state index contributed by atoms with van der Waals surface area (Å²) < 4.78 is 16.4. The minimum atomic E-state index is -0.496. The summed E-state index contributed by atoms with van der Waals surface area (Å²) in [6, 6.07) is 9.62. The summed E-state index contributed by atoms with van der Waals surface area (Å²) in [6.07, 6.45) is 1.45. The van der Waals surface area contributed by atoms with Gasteiger partial charge in [-0.25, -0.2) is 0 Å². The Morgan fingerprint density at radius 2 is 1.83 bits per heavy atom. The second kappa shape index (κ2) is 8.79. The molecule has 1 saturated heterocycles. The van der Waals surface area contributed by atoms with Gasteiger partial charge < -0.3 is 13.9 Å². The van der Waals surface area contributed by atoms with Crippen LogP contribution in [0.5, 0.6) is 11.5 Å². The van der Waals surface area contributed by atoms with Crippen molar-refractivity contribution in [1.29, 1.82) is 0 Å². The summed E-state index contributed by atoms with van der Waals surface area (Å²) in [5, 5.41) is 11.4. The van der Waals surface area contributed by atoms with Crippen molar-refractivity contribution in [1.82, 2.24) is 4.90 Å². The molecule has 11 heteroatoms. The van der Waals surface area contributed by atoms with Crippen molar-refractivity contribution >= 4 is 46.3 Å². The third-order valence-electron chi connectivity index (χ3n) is 5.72. The molecular formula is C24H17ClN2O7S. The number of aryl methyl sites for hydroxylation is 2. The summed E-state index contributed by atoms with van der Waals surface area (Å²) in [5.74, 6) is 1.08. The number of carbonyl (C=O) groups is 2. The van der Waals surface area contributed by atoms with E-state index in [9.17, 15) is 19.7 Å². The number of benzene rings is 2. The molecule has 1 fully saturated rings. The highest BCUT2D eigenvalue weighted by atomic mass is 35.5. The standard InChI is InChI=1S/C24H17ClN2O7S/c1-12-5-16(18(27(30)31)6-13(12)2)19-4-3-15(34-19)8-22-23(28)26(24(29)35-22)10-14-7-20-21(9-17(14)25)33-11-32-20/h3-9H,10-11H2,1-2H3/b22-8-. The highest BCUT2D eigenvalue weighted by molar-refractivity contribution is 8.18. The van der Waals surface area contributed by atoms with Crippen LogP contribution < -0.4 is 9.47 Å². The van der Waals surface area contributed by atoms with Gasteiger partial charge in [0.2, 0.25) is 6.79 Å². The Kier molecular flexibility index (Phi) is 5.78. The topological polar surface area (TPSA) is 112 Å². The second-order valence-corrected chi connectivity index (χ2v) is 9.38. The fraction of sp³-hybridized carbons (Fsp3) is 0.167. The zero-order chi connectivity index (χ0) is 24.9. The van der Waals surface area contributed by atoms with Crippen molar-refractivity contribution in [2.24, 2.45) is 0 Å². The lowest BCUT2D eigenvalue weighted by atomic mass is 10.0. The van der Waals surface area contributed by atoms with Gasteiger partial charge in [-0.15, -0.1) is 0 Å². The molecule has 0 unspecified atom stereocenters. The number of hydrogen-bond acceptors (Lipinski definition) is 8. The molecule has 2 aliphatic rings. The van der Waals surface area contributed by atoms with Crippen molar-refractivity contribution < 1.29 is 28.4 Å². The molecular weight excluding hydrogens is 496 g/mol. The number of nitrogens with zero attached hydrogens (tertiary/aromatic N) is 2. The van der Waals surface area contributed by atoms with Crippen LogP contribution >= 0.6 is 23.4 Å². The Hall–Kier alpha value is -3.76. The van der Waals surface area contributed by atoms with Gasteiger partial charge in [0.1, 0.15) is 11.5 Å². The molecule has 0 saturated carbocycles. The molecule has 0 aliphatic carbocycles. The lowest BCUT2D eigenvalue weighted by Gasteiger charge is -2.14. The quantitative estimate of drug-likeness (QED) is 0.229. The molecule has 2 aromatic carbocycles. The van der Waals surface area contributed by atoms with Crippen LogP contribution in [0, 0.1) is 24.0 Å². The van der Waals surface area contributed by atoms with Crippen molar-refractivity contribution in [3.05, 3.63) is 78.9 Å². The van der Waals surface area contributed by atoms with E-state index in [0.29, 0.717) is 33.4 Å². The molecule has 35 heavy (non-hydrogen) atoms. The molecule has 0 bridgehead atoms. The lowest BCUT2D eigenvalue weighted by Crippen LogP contribution is -2.27. The average Bonchev–Trinajstić information content (AvgIpc) is 3.52. The molecule has 2 aliphatic heterocycles. The molecule has 0 atom stereocenters. The maximum absolute atomic E-state index is 13.0. The average molecular weight is 513 g/mol. The zero-order valence-electron chi connectivity index (χ0n) is 18.5. The van der Waals surface area contributed by atoms with Gasteiger partial charge in [-0.3, -0.25) is 24.6 Å². The first kappa shape index (κ1) is 23.0. The number of nitro benzene ring substituents is 1. The summed E-state index contributed by atoms with van der Waals surface area (Å²) in [5.41, 5.74) is 2.48. The van der Waals surface area contributed by atoms with Crippen LogP contribution in [0.4, 0.5) is 10.5 Å². The Morgan fingerprint density at radius 3 is 2.57 bits per heavy atom. The predicted octanol–water partition coefficient (Wildman–Crippen LogP) is 6.09.